The van der Waals surface area contributed by atoms with Gasteiger partial charge in [-0.1, -0.05) is 47.1 Å². The van der Waals surface area contributed by atoms with E-state index in [1.54, 1.807) is 6.92 Å². The number of Topliss-reactive ketones (excluding diaryl/α,β-unsaturated/α-hetero) is 1. The molecule has 0 bridgehead atoms. The summed E-state index contributed by atoms with van der Waals surface area (Å²) in [4.78, 5) is 11.0. The van der Waals surface area contributed by atoms with E-state index in [4.69, 9.17) is 11.6 Å². The molecule has 2 unspecified atom stereocenters. The number of ketones is 1. The van der Waals surface area contributed by atoms with Crippen molar-refractivity contribution < 1.29 is 4.79 Å². The number of halogens is 2. The molecule has 1 rings (SSSR count). The van der Waals surface area contributed by atoms with E-state index in [-0.39, 0.29) is 11.2 Å². The van der Waals surface area contributed by atoms with Crippen LogP contribution in [0.1, 0.15) is 42.7 Å². The minimum atomic E-state index is -0.203. The van der Waals surface area contributed by atoms with Crippen LogP contribution in [0.3, 0.4) is 0 Å². The van der Waals surface area contributed by atoms with Gasteiger partial charge in [-0.05, 0) is 24.0 Å². The summed E-state index contributed by atoms with van der Waals surface area (Å²) in [7, 11) is 0. The van der Waals surface area contributed by atoms with E-state index in [2.05, 4.69) is 35.0 Å². The first-order chi connectivity index (χ1) is 7.54. The van der Waals surface area contributed by atoms with Gasteiger partial charge in [0.05, 0.1) is 5.38 Å². The average Bonchev–Trinajstić information content (AvgIpc) is 2.27. The summed E-state index contributed by atoms with van der Waals surface area (Å²) in [5.41, 5.74) is 2.30. The van der Waals surface area contributed by atoms with Crippen molar-refractivity contribution in [3.8, 4) is 0 Å². The second-order valence-corrected chi connectivity index (χ2v) is 5.27. The second kappa shape index (κ2) is 6.41. The van der Waals surface area contributed by atoms with Crippen molar-refractivity contribution in [2.75, 3.05) is 5.33 Å². The van der Waals surface area contributed by atoms with Crippen LogP contribution in [0.2, 0.25) is 0 Å². The van der Waals surface area contributed by atoms with Gasteiger partial charge in [0.25, 0.3) is 0 Å². The van der Waals surface area contributed by atoms with E-state index in [0.29, 0.717) is 12.3 Å². The fraction of sp³-hybridized carbons (Fsp3) is 0.462. The van der Waals surface area contributed by atoms with E-state index in [1.807, 2.05) is 12.1 Å². The van der Waals surface area contributed by atoms with Crippen molar-refractivity contribution in [3.63, 3.8) is 0 Å². The first-order valence-corrected chi connectivity index (χ1v) is 6.89. The smallest absolute Gasteiger partial charge is 0.131 e. The summed E-state index contributed by atoms with van der Waals surface area (Å²) in [5.74, 6) is 0.619. The molecule has 1 aromatic carbocycles. The Labute approximate surface area is 110 Å². The van der Waals surface area contributed by atoms with Gasteiger partial charge in [-0.2, -0.15) is 0 Å². The highest BCUT2D eigenvalue weighted by atomic mass is 79.9. The van der Waals surface area contributed by atoms with Crippen molar-refractivity contribution in [2.24, 2.45) is 0 Å². The van der Waals surface area contributed by atoms with Gasteiger partial charge in [0, 0.05) is 11.8 Å². The average molecular weight is 304 g/mol. The molecule has 0 aliphatic rings. The summed E-state index contributed by atoms with van der Waals surface area (Å²) < 4.78 is 0. The summed E-state index contributed by atoms with van der Waals surface area (Å²) in [5, 5.41) is 0.746. The van der Waals surface area contributed by atoms with E-state index in [0.717, 1.165) is 10.9 Å². The maximum Gasteiger partial charge on any atom is 0.131 e. The number of hydrogen-bond donors (Lipinski definition) is 0. The number of alkyl halides is 2. The lowest BCUT2D eigenvalue weighted by Gasteiger charge is -2.11. The highest BCUT2D eigenvalue weighted by Crippen LogP contribution is 2.26. The first-order valence-electron chi connectivity index (χ1n) is 5.34. The maximum absolute atomic E-state index is 11.0. The predicted molar refractivity (Wildman–Crippen MR) is 72.5 cm³/mol. The third-order valence-corrected chi connectivity index (χ3v) is 3.94. The Morgan fingerprint density at radius 1 is 1.31 bits per heavy atom. The minimum absolute atomic E-state index is 0.123. The standard InChI is InChI=1S/C13H16BrClO/c1-9(8-14)11-3-5-12(6-4-11)13(15)7-10(2)16/h3-6,9,13H,7-8H2,1-2H3. The molecule has 0 saturated heterocycles. The van der Waals surface area contributed by atoms with Gasteiger partial charge >= 0.3 is 0 Å². The summed E-state index contributed by atoms with van der Waals surface area (Å²) >= 11 is 9.60. The summed E-state index contributed by atoms with van der Waals surface area (Å²) in [6.45, 7) is 3.73. The molecular formula is C13H16BrClO. The van der Waals surface area contributed by atoms with Crippen LogP contribution < -0.4 is 0 Å². The zero-order valence-corrected chi connectivity index (χ0v) is 11.9. The fourth-order valence-corrected chi connectivity index (χ4v) is 2.23. The van der Waals surface area contributed by atoms with Gasteiger partial charge in [-0.15, -0.1) is 11.6 Å². The first kappa shape index (κ1) is 13.7. The maximum atomic E-state index is 11.0. The van der Waals surface area contributed by atoms with Crippen LogP contribution >= 0.6 is 27.5 Å². The van der Waals surface area contributed by atoms with Crippen LogP contribution in [0.5, 0.6) is 0 Å². The zero-order chi connectivity index (χ0) is 12.1. The molecule has 0 fully saturated rings. The van der Waals surface area contributed by atoms with Gasteiger partial charge < -0.3 is 0 Å². The third-order valence-electron chi connectivity index (χ3n) is 2.57. The molecule has 16 heavy (non-hydrogen) atoms. The highest BCUT2D eigenvalue weighted by Gasteiger charge is 2.11. The lowest BCUT2D eigenvalue weighted by Crippen LogP contribution is -1.99. The molecule has 0 N–H and O–H groups in total. The van der Waals surface area contributed by atoms with E-state index in [9.17, 15) is 4.79 Å². The Balaban J connectivity index is 2.74. The Morgan fingerprint density at radius 3 is 2.25 bits per heavy atom. The van der Waals surface area contributed by atoms with Crippen LogP contribution in [0.15, 0.2) is 24.3 Å². The van der Waals surface area contributed by atoms with Gasteiger partial charge in [-0.3, -0.25) is 4.79 Å². The predicted octanol–water partition coefficient (Wildman–Crippen LogP) is 4.44. The largest absolute Gasteiger partial charge is 0.300 e. The zero-order valence-electron chi connectivity index (χ0n) is 9.54. The number of rotatable bonds is 5. The van der Waals surface area contributed by atoms with Gasteiger partial charge in [0.2, 0.25) is 0 Å². The molecule has 0 heterocycles. The fourth-order valence-electron chi connectivity index (χ4n) is 1.49. The lowest BCUT2D eigenvalue weighted by molar-refractivity contribution is -0.117. The molecule has 0 spiro atoms. The normalized spacial score (nSPS) is 14.5. The summed E-state index contributed by atoms with van der Waals surface area (Å²) in [6.07, 6.45) is 0.398. The van der Waals surface area contributed by atoms with Crippen LogP contribution in [-0.2, 0) is 4.79 Å². The molecule has 0 amide bonds. The molecule has 3 heteroatoms. The van der Waals surface area contributed by atoms with Crippen LogP contribution in [-0.4, -0.2) is 11.1 Å². The molecule has 0 saturated carbocycles. The second-order valence-electron chi connectivity index (χ2n) is 4.10. The van der Waals surface area contributed by atoms with E-state index >= 15 is 0 Å². The Bertz CT molecular complexity index is 347. The van der Waals surface area contributed by atoms with E-state index in [1.165, 1.54) is 5.56 Å². The number of carbonyl (C=O) groups is 1. The van der Waals surface area contributed by atoms with Crippen molar-refractivity contribution >= 4 is 33.3 Å². The molecule has 0 aliphatic heterocycles. The Hall–Kier alpha value is -0.340. The molecular weight excluding hydrogens is 287 g/mol. The van der Waals surface area contributed by atoms with Gasteiger partial charge in [0.15, 0.2) is 0 Å². The van der Waals surface area contributed by atoms with Gasteiger partial charge in [0.1, 0.15) is 5.78 Å². The minimum Gasteiger partial charge on any atom is -0.300 e. The lowest BCUT2D eigenvalue weighted by atomic mass is 9.99. The molecule has 2 atom stereocenters. The highest BCUT2D eigenvalue weighted by molar-refractivity contribution is 9.09. The van der Waals surface area contributed by atoms with Gasteiger partial charge in [-0.25, -0.2) is 0 Å². The summed E-state index contributed by atoms with van der Waals surface area (Å²) in [6, 6.07) is 8.18. The van der Waals surface area contributed by atoms with Crippen LogP contribution in [0, 0.1) is 0 Å². The monoisotopic (exact) mass is 302 g/mol. The molecule has 1 nitrogen and oxygen atoms in total. The van der Waals surface area contributed by atoms with Crippen molar-refractivity contribution in [1.82, 2.24) is 0 Å². The molecule has 0 radical (unpaired) electrons. The number of benzene rings is 1. The Kier molecular flexibility index (Phi) is 5.50. The topological polar surface area (TPSA) is 17.1 Å². The van der Waals surface area contributed by atoms with Crippen molar-refractivity contribution in [2.45, 2.75) is 31.6 Å². The quantitative estimate of drug-likeness (QED) is 0.735. The third kappa shape index (κ3) is 3.91. The molecule has 88 valence electrons. The van der Waals surface area contributed by atoms with Crippen molar-refractivity contribution in [3.05, 3.63) is 35.4 Å². The van der Waals surface area contributed by atoms with E-state index < -0.39 is 0 Å². The van der Waals surface area contributed by atoms with Crippen molar-refractivity contribution in [1.29, 1.82) is 0 Å². The Morgan fingerprint density at radius 2 is 1.81 bits per heavy atom. The molecule has 0 aromatic heterocycles. The molecule has 0 aliphatic carbocycles. The van der Waals surface area contributed by atoms with Crippen LogP contribution in [0.4, 0.5) is 0 Å². The van der Waals surface area contributed by atoms with Crippen LogP contribution in [0.25, 0.3) is 0 Å². The number of hydrogen-bond acceptors (Lipinski definition) is 1. The molecule has 1 aromatic rings. The number of carbonyl (C=O) groups excluding carboxylic acids is 1. The SMILES string of the molecule is CC(=O)CC(Cl)c1ccc(C(C)CBr)cc1.